The van der Waals surface area contributed by atoms with Crippen LogP contribution >= 0.6 is 11.6 Å². The third-order valence-corrected chi connectivity index (χ3v) is 3.33. The number of carbonyl (C=O) groups is 1. The summed E-state index contributed by atoms with van der Waals surface area (Å²) in [5.41, 5.74) is 1.51. The highest BCUT2D eigenvalue weighted by molar-refractivity contribution is 6.30. The zero-order chi connectivity index (χ0) is 12.8. The number of halogens is 1. The maximum absolute atomic E-state index is 10.9. The largest absolute Gasteiger partial charge is 0.481 e. The lowest BCUT2D eigenvalue weighted by Gasteiger charge is -2.21. The number of carboxylic acid groups (broad SMARTS) is 1. The van der Waals surface area contributed by atoms with Gasteiger partial charge in [0.25, 0.3) is 0 Å². The van der Waals surface area contributed by atoms with Gasteiger partial charge in [0.05, 0.1) is 11.6 Å². The first-order valence-corrected chi connectivity index (χ1v) is 5.94. The van der Waals surface area contributed by atoms with Crippen molar-refractivity contribution in [3.8, 4) is 0 Å². The van der Waals surface area contributed by atoms with E-state index in [9.17, 15) is 4.79 Å². The van der Waals surface area contributed by atoms with E-state index in [1.54, 1.807) is 0 Å². The molecular formula is C12H15ClN2O2. The van der Waals surface area contributed by atoms with Gasteiger partial charge in [-0.1, -0.05) is 32.4 Å². The minimum atomic E-state index is -0.769. The fourth-order valence-corrected chi connectivity index (χ4v) is 2.36. The Morgan fingerprint density at radius 1 is 1.47 bits per heavy atom. The molecule has 1 aromatic rings. The Balaban J connectivity index is 2.43. The molecule has 1 aliphatic rings. The topological polar surface area (TPSA) is 63.1 Å². The van der Waals surface area contributed by atoms with Crippen LogP contribution in [0.4, 0.5) is 0 Å². The molecular weight excluding hydrogens is 240 g/mol. The summed E-state index contributed by atoms with van der Waals surface area (Å²) in [4.78, 5) is 19.2. The Morgan fingerprint density at radius 3 is 2.59 bits per heavy atom. The zero-order valence-electron chi connectivity index (χ0n) is 10.1. The fourth-order valence-electron chi connectivity index (χ4n) is 2.09. The van der Waals surface area contributed by atoms with Gasteiger partial charge in [-0.2, -0.15) is 0 Å². The summed E-state index contributed by atoms with van der Waals surface area (Å²) in [7, 11) is 0. The van der Waals surface area contributed by atoms with Crippen molar-refractivity contribution in [1.82, 2.24) is 9.97 Å². The zero-order valence-corrected chi connectivity index (χ0v) is 10.8. The summed E-state index contributed by atoms with van der Waals surface area (Å²) in [6.45, 7) is 6.11. The van der Waals surface area contributed by atoms with Crippen molar-refractivity contribution < 1.29 is 9.90 Å². The van der Waals surface area contributed by atoms with Crippen LogP contribution in [0.3, 0.4) is 0 Å². The van der Waals surface area contributed by atoms with Crippen molar-refractivity contribution in [3.05, 3.63) is 22.7 Å². The van der Waals surface area contributed by atoms with E-state index in [-0.39, 0.29) is 17.3 Å². The molecule has 1 saturated carbocycles. The molecule has 2 atom stereocenters. The van der Waals surface area contributed by atoms with Crippen molar-refractivity contribution in [2.24, 2.45) is 5.92 Å². The predicted octanol–water partition coefficient (Wildman–Crippen LogP) is 2.62. The summed E-state index contributed by atoms with van der Waals surface area (Å²) < 4.78 is 0. The van der Waals surface area contributed by atoms with Gasteiger partial charge in [-0.05, 0) is 6.42 Å². The second-order valence-corrected chi connectivity index (χ2v) is 5.82. The Hall–Kier alpha value is -1.16. The van der Waals surface area contributed by atoms with Crippen LogP contribution in [0, 0.1) is 5.92 Å². The van der Waals surface area contributed by atoms with E-state index in [0.29, 0.717) is 11.6 Å². The lowest BCUT2D eigenvalue weighted by atomic mass is 9.87. The van der Waals surface area contributed by atoms with Crippen molar-refractivity contribution in [1.29, 1.82) is 0 Å². The molecule has 0 aliphatic heterocycles. The van der Waals surface area contributed by atoms with Gasteiger partial charge in [0.15, 0.2) is 0 Å². The Kier molecular flexibility index (Phi) is 2.86. The van der Waals surface area contributed by atoms with Gasteiger partial charge in [0, 0.05) is 16.9 Å². The number of hydrogen-bond donors (Lipinski definition) is 1. The van der Waals surface area contributed by atoms with Crippen LogP contribution in [0.5, 0.6) is 0 Å². The first-order chi connectivity index (χ1) is 7.82. The van der Waals surface area contributed by atoms with Gasteiger partial charge in [-0.25, -0.2) is 9.97 Å². The maximum atomic E-state index is 10.9. The van der Waals surface area contributed by atoms with E-state index in [0.717, 1.165) is 11.3 Å². The van der Waals surface area contributed by atoms with Crippen molar-refractivity contribution in [2.45, 2.75) is 38.5 Å². The SMILES string of the molecule is CC(C)(C)c1ncnc(Cl)c1C1CC1C(=O)O. The Morgan fingerprint density at radius 2 is 2.12 bits per heavy atom. The lowest BCUT2D eigenvalue weighted by Crippen LogP contribution is -2.17. The fraction of sp³-hybridized carbons (Fsp3) is 0.583. The monoisotopic (exact) mass is 254 g/mol. The highest BCUT2D eigenvalue weighted by Crippen LogP contribution is 2.51. The van der Waals surface area contributed by atoms with Gasteiger partial charge >= 0.3 is 5.97 Å². The first kappa shape index (κ1) is 12.3. The van der Waals surface area contributed by atoms with E-state index in [4.69, 9.17) is 16.7 Å². The van der Waals surface area contributed by atoms with Gasteiger partial charge in [0.1, 0.15) is 11.5 Å². The standard InChI is InChI=1S/C12H15ClN2O2/c1-12(2,3)9-8(10(13)15-5-14-9)6-4-7(6)11(16)17/h5-7H,4H2,1-3H3,(H,16,17). The van der Waals surface area contributed by atoms with Crippen molar-refractivity contribution in [3.63, 3.8) is 0 Å². The average molecular weight is 255 g/mol. The molecule has 0 bridgehead atoms. The molecule has 1 heterocycles. The summed E-state index contributed by atoms with van der Waals surface area (Å²) in [6, 6.07) is 0. The first-order valence-electron chi connectivity index (χ1n) is 5.56. The minimum absolute atomic E-state index is 0.0320. The molecule has 4 nitrogen and oxygen atoms in total. The summed E-state index contributed by atoms with van der Waals surface area (Å²) in [5, 5.41) is 9.37. The molecule has 17 heavy (non-hydrogen) atoms. The molecule has 0 spiro atoms. The summed E-state index contributed by atoms with van der Waals surface area (Å²) in [6.07, 6.45) is 2.07. The molecule has 1 fully saturated rings. The third-order valence-electron chi connectivity index (χ3n) is 3.02. The van der Waals surface area contributed by atoms with Crippen LogP contribution < -0.4 is 0 Å². The van der Waals surface area contributed by atoms with Crippen LogP contribution in [0.15, 0.2) is 6.33 Å². The molecule has 0 saturated heterocycles. The Labute approximate surface area is 105 Å². The molecule has 1 N–H and O–H groups in total. The second-order valence-electron chi connectivity index (χ2n) is 5.46. The number of hydrogen-bond acceptors (Lipinski definition) is 3. The van der Waals surface area contributed by atoms with Crippen LogP contribution in [0.1, 0.15) is 44.4 Å². The van der Waals surface area contributed by atoms with Crippen LogP contribution in [-0.2, 0) is 10.2 Å². The molecule has 92 valence electrons. The number of carboxylic acids is 1. The van der Waals surface area contributed by atoms with Gasteiger partial charge in [-0.15, -0.1) is 0 Å². The lowest BCUT2D eigenvalue weighted by molar-refractivity contribution is -0.138. The third kappa shape index (κ3) is 2.27. The van der Waals surface area contributed by atoms with Gasteiger partial charge in [0.2, 0.25) is 0 Å². The number of rotatable bonds is 2. The van der Waals surface area contributed by atoms with Crippen molar-refractivity contribution >= 4 is 17.6 Å². The van der Waals surface area contributed by atoms with Crippen LogP contribution in [0.2, 0.25) is 5.15 Å². The number of aliphatic carboxylic acids is 1. The van der Waals surface area contributed by atoms with E-state index >= 15 is 0 Å². The van der Waals surface area contributed by atoms with E-state index in [1.807, 2.05) is 20.8 Å². The minimum Gasteiger partial charge on any atom is -0.481 e. The summed E-state index contributed by atoms with van der Waals surface area (Å²) in [5.74, 6) is -1.13. The maximum Gasteiger partial charge on any atom is 0.307 e. The van der Waals surface area contributed by atoms with E-state index in [2.05, 4.69) is 9.97 Å². The quantitative estimate of drug-likeness (QED) is 0.824. The van der Waals surface area contributed by atoms with Crippen LogP contribution in [0.25, 0.3) is 0 Å². The molecule has 1 aromatic heterocycles. The molecule has 1 aliphatic carbocycles. The van der Waals surface area contributed by atoms with Crippen LogP contribution in [-0.4, -0.2) is 21.0 Å². The van der Waals surface area contributed by atoms with E-state index < -0.39 is 5.97 Å². The number of aromatic nitrogens is 2. The molecule has 5 heteroatoms. The highest BCUT2D eigenvalue weighted by Gasteiger charge is 2.47. The average Bonchev–Trinajstić information content (AvgIpc) is 2.95. The smallest absolute Gasteiger partial charge is 0.307 e. The summed E-state index contributed by atoms with van der Waals surface area (Å²) >= 11 is 6.10. The predicted molar refractivity (Wildman–Crippen MR) is 64.2 cm³/mol. The highest BCUT2D eigenvalue weighted by atomic mass is 35.5. The van der Waals surface area contributed by atoms with Crippen molar-refractivity contribution in [2.75, 3.05) is 0 Å². The van der Waals surface area contributed by atoms with Gasteiger partial charge < -0.3 is 5.11 Å². The second kappa shape index (κ2) is 3.95. The molecule has 0 radical (unpaired) electrons. The molecule has 2 unspecified atom stereocenters. The van der Waals surface area contributed by atoms with E-state index in [1.165, 1.54) is 6.33 Å². The molecule has 0 amide bonds. The Bertz CT molecular complexity index is 468. The molecule has 0 aromatic carbocycles. The molecule has 2 rings (SSSR count). The van der Waals surface area contributed by atoms with Gasteiger partial charge in [-0.3, -0.25) is 4.79 Å². The number of nitrogens with zero attached hydrogens (tertiary/aromatic N) is 2. The normalized spacial score (nSPS) is 23.5.